The van der Waals surface area contributed by atoms with Gasteiger partial charge in [0.2, 0.25) is 0 Å². The van der Waals surface area contributed by atoms with Crippen LogP contribution < -0.4 is 0 Å². The lowest BCUT2D eigenvalue weighted by Gasteiger charge is -2.21. The van der Waals surface area contributed by atoms with Crippen LogP contribution in [-0.4, -0.2) is 96.7 Å². The van der Waals surface area contributed by atoms with Gasteiger partial charge >= 0.3 is 39.5 Å². The van der Waals surface area contributed by atoms with E-state index >= 15 is 0 Å². The lowest BCUT2D eigenvalue weighted by Crippen LogP contribution is -2.30. The summed E-state index contributed by atoms with van der Waals surface area (Å²) in [5.74, 6) is -1.37. The van der Waals surface area contributed by atoms with E-state index in [-0.39, 0.29) is 25.7 Å². The van der Waals surface area contributed by atoms with Gasteiger partial charge in [0.15, 0.2) is 12.2 Å². The molecule has 3 N–H and O–H groups in total. The van der Waals surface area contributed by atoms with Crippen LogP contribution in [0.5, 0.6) is 0 Å². The summed E-state index contributed by atoms with van der Waals surface area (Å²) in [4.78, 5) is 73.2. The maximum absolute atomic E-state index is 13.1. The van der Waals surface area contributed by atoms with Gasteiger partial charge in [0, 0.05) is 25.7 Å². The average molecular weight is 1540 g/mol. The predicted molar refractivity (Wildman–Crippen MR) is 432 cm³/mol. The SMILES string of the molecule is CCCCCCCCCCCCCCCCCCCCCCC(=O)OC[C@H](COP(=O)(O)OC[C@@H](O)COP(=O)(O)OC[C@@H](COC(=O)CCCCCCCCC(C)CC)OC(=O)CCCCCCCCCCCCCCCCC)OC(=O)CCCCCCCCCCCCCCCCCCCCCC. The third kappa shape index (κ3) is 78.5. The Hall–Kier alpha value is -1.94. The standard InChI is InChI=1S/C86H168O17P2/c1-6-10-13-16-19-22-25-28-31-33-35-37-39-42-44-47-50-53-59-64-69-83(88)96-75-81(102-85(90)71-67-62-55-52-49-46-43-40-38-36-34-32-29-26-23-20-17-14-11-7-2)77-100-104(92,93)98-73-80(87)74-99-105(94,95)101-78-82(76-97-84(89)70-65-60-57-56-58-63-68-79(5)9-4)103-86(91)72-66-61-54-51-48-45-41-30-27-24-21-18-15-12-8-3/h79-82,87H,6-78H2,1-5H3,(H,92,93)(H,94,95)/t79?,80-,81-,82-/m1/s1. The first-order valence-corrected chi connectivity index (χ1v) is 47.7. The summed E-state index contributed by atoms with van der Waals surface area (Å²) in [7, 11) is -9.93. The number of phosphoric acid groups is 2. The number of phosphoric ester groups is 2. The molecule has 0 bridgehead atoms. The Labute approximate surface area is 645 Å². The summed E-state index contributed by atoms with van der Waals surface area (Å²) in [6.07, 6.45) is 72.3. The number of carbonyl (C=O) groups excluding carboxylic acids is 4. The van der Waals surface area contributed by atoms with E-state index < -0.39 is 97.5 Å². The highest BCUT2D eigenvalue weighted by atomic mass is 31.2. The van der Waals surface area contributed by atoms with Gasteiger partial charge in [-0.25, -0.2) is 9.13 Å². The van der Waals surface area contributed by atoms with Crippen molar-refractivity contribution < 1.29 is 80.2 Å². The molecule has 0 aliphatic rings. The largest absolute Gasteiger partial charge is 0.472 e. The van der Waals surface area contributed by atoms with E-state index in [4.69, 9.17) is 37.0 Å². The number of hydrogen-bond donors (Lipinski definition) is 3. The average Bonchev–Trinajstić information content (AvgIpc) is 0.920. The summed E-state index contributed by atoms with van der Waals surface area (Å²) < 4.78 is 68.9. The molecule has 3 unspecified atom stereocenters. The predicted octanol–water partition coefficient (Wildman–Crippen LogP) is 26.4. The van der Waals surface area contributed by atoms with E-state index in [9.17, 15) is 43.2 Å². The Morgan fingerprint density at radius 2 is 0.457 bits per heavy atom. The van der Waals surface area contributed by atoms with Crippen molar-refractivity contribution in [3.63, 3.8) is 0 Å². The Morgan fingerprint density at radius 3 is 0.676 bits per heavy atom. The van der Waals surface area contributed by atoms with Crippen LogP contribution in [0.3, 0.4) is 0 Å². The minimum absolute atomic E-state index is 0.108. The zero-order valence-electron chi connectivity index (χ0n) is 68.9. The van der Waals surface area contributed by atoms with Gasteiger partial charge in [-0.15, -0.1) is 0 Å². The molecule has 0 fully saturated rings. The highest BCUT2D eigenvalue weighted by molar-refractivity contribution is 7.47. The molecule has 0 spiro atoms. The summed E-state index contributed by atoms with van der Waals surface area (Å²) in [6.45, 7) is 7.32. The van der Waals surface area contributed by atoms with Crippen molar-refractivity contribution in [3.05, 3.63) is 0 Å². The number of esters is 4. The fraction of sp³-hybridized carbons (Fsp3) is 0.953. The van der Waals surface area contributed by atoms with Gasteiger partial charge in [0.05, 0.1) is 26.4 Å². The van der Waals surface area contributed by atoms with E-state index in [0.29, 0.717) is 25.7 Å². The van der Waals surface area contributed by atoms with Crippen LogP contribution in [0.2, 0.25) is 0 Å². The number of unbranched alkanes of at least 4 members (excludes halogenated alkanes) is 57. The fourth-order valence-corrected chi connectivity index (χ4v) is 15.0. The number of hydrogen-bond acceptors (Lipinski definition) is 15. The van der Waals surface area contributed by atoms with Crippen molar-refractivity contribution in [2.45, 2.75) is 483 Å². The molecule has 0 rings (SSSR count). The van der Waals surface area contributed by atoms with Crippen LogP contribution in [0, 0.1) is 5.92 Å². The third-order valence-electron chi connectivity index (χ3n) is 20.6. The second-order valence-electron chi connectivity index (χ2n) is 31.2. The molecule has 0 saturated carbocycles. The minimum atomic E-state index is -4.97. The van der Waals surface area contributed by atoms with Gasteiger partial charge in [-0.1, -0.05) is 413 Å². The smallest absolute Gasteiger partial charge is 0.462 e. The van der Waals surface area contributed by atoms with Gasteiger partial charge < -0.3 is 33.8 Å². The van der Waals surface area contributed by atoms with E-state index in [0.717, 1.165) is 102 Å². The van der Waals surface area contributed by atoms with E-state index in [1.54, 1.807) is 0 Å². The molecule has 0 aliphatic heterocycles. The molecule has 6 atom stereocenters. The van der Waals surface area contributed by atoms with E-state index in [1.165, 1.54) is 283 Å². The molecule has 624 valence electrons. The Bertz CT molecular complexity index is 2000. The Kier molecular flexibility index (Phi) is 77.3. The number of rotatable bonds is 86. The second kappa shape index (κ2) is 78.7. The molecular formula is C86H168O17P2. The first-order valence-electron chi connectivity index (χ1n) is 44.7. The molecular weight excluding hydrogens is 1370 g/mol. The molecule has 0 aliphatic carbocycles. The van der Waals surface area contributed by atoms with Crippen molar-refractivity contribution in [1.82, 2.24) is 0 Å². The van der Waals surface area contributed by atoms with E-state index in [1.807, 2.05) is 0 Å². The highest BCUT2D eigenvalue weighted by Crippen LogP contribution is 2.45. The van der Waals surface area contributed by atoms with Gasteiger partial charge in [-0.3, -0.25) is 37.3 Å². The molecule has 0 heterocycles. The summed E-state index contributed by atoms with van der Waals surface area (Å²) in [6, 6.07) is 0. The Morgan fingerprint density at radius 1 is 0.267 bits per heavy atom. The van der Waals surface area contributed by atoms with Crippen molar-refractivity contribution in [3.8, 4) is 0 Å². The van der Waals surface area contributed by atoms with Crippen LogP contribution in [0.4, 0.5) is 0 Å². The van der Waals surface area contributed by atoms with Crippen molar-refractivity contribution in [1.29, 1.82) is 0 Å². The van der Waals surface area contributed by atoms with Crippen LogP contribution >= 0.6 is 15.6 Å². The molecule has 0 saturated heterocycles. The molecule has 19 heteroatoms. The monoisotopic (exact) mass is 1540 g/mol. The number of carbonyl (C=O) groups is 4. The molecule has 105 heavy (non-hydrogen) atoms. The lowest BCUT2D eigenvalue weighted by molar-refractivity contribution is -0.161. The lowest BCUT2D eigenvalue weighted by atomic mass is 10.00. The molecule has 0 radical (unpaired) electrons. The van der Waals surface area contributed by atoms with Gasteiger partial charge in [-0.2, -0.15) is 0 Å². The second-order valence-corrected chi connectivity index (χ2v) is 34.1. The summed E-state index contributed by atoms with van der Waals surface area (Å²) in [5, 5.41) is 10.7. The molecule has 0 aromatic rings. The topological polar surface area (TPSA) is 237 Å². The van der Waals surface area contributed by atoms with Crippen molar-refractivity contribution in [2.75, 3.05) is 39.6 Å². The maximum atomic E-state index is 13.1. The number of aliphatic hydroxyl groups is 1. The molecule has 0 aromatic heterocycles. The normalized spacial score (nSPS) is 14.0. The first kappa shape index (κ1) is 103. The zero-order chi connectivity index (χ0) is 76.9. The molecule has 0 amide bonds. The number of aliphatic hydroxyl groups excluding tert-OH is 1. The summed E-state index contributed by atoms with van der Waals surface area (Å²) >= 11 is 0. The van der Waals surface area contributed by atoms with Crippen molar-refractivity contribution in [2.24, 2.45) is 5.92 Å². The maximum Gasteiger partial charge on any atom is 0.472 e. The van der Waals surface area contributed by atoms with Gasteiger partial charge in [-0.05, 0) is 31.6 Å². The van der Waals surface area contributed by atoms with Gasteiger partial charge in [0.25, 0.3) is 0 Å². The van der Waals surface area contributed by atoms with Gasteiger partial charge in [0.1, 0.15) is 19.3 Å². The molecule has 0 aromatic carbocycles. The van der Waals surface area contributed by atoms with Crippen LogP contribution in [-0.2, 0) is 65.4 Å². The van der Waals surface area contributed by atoms with Crippen molar-refractivity contribution >= 4 is 39.5 Å². The number of ether oxygens (including phenoxy) is 4. The minimum Gasteiger partial charge on any atom is -0.462 e. The fourth-order valence-electron chi connectivity index (χ4n) is 13.4. The zero-order valence-corrected chi connectivity index (χ0v) is 70.7. The van der Waals surface area contributed by atoms with Crippen LogP contribution in [0.25, 0.3) is 0 Å². The third-order valence-corrected chi connectivity index (χ3v) is 22.5. The Balaban J connectivity index is 5.22. The molecule has 17 nitrogen and oxygen atoms in total. The summed E-state index contributed by atoms with van der Waals surface area (Å²) in [5.41, 5.74) is 0. The first-order chi connectivity index (χ1) is 51.1. The van der Waals surface area contributed by atoms with Crippen LogP contribution in [0.1, 0.15) is 465 Å². The quantitative estimate of drug-likeness (QED) is 0.0222. The van der Waals surface area contributed by atoms with Crippen LogP contribution in [0.15, 0.2) is 0 Å². The van der Waals surface area contributed by atoms with E-state index in [2.05, 4.69) is 34.6 Å². The highest BCUT2D eigenvalue weighted by Gasteiger charge is 2.30.